The summed E-state index contributed by atoms with van der Waals surface area (Å²) in [7, 11) is 0. The summed E-state index contributed by atoms with van der Waals surface area (Å²) in [5, 5.41) is 23.4. The number of benzene rings is 1. The fourth-order valence-corrected chi connectivity index (χ4v) is 3.72. The number of nitro groups is 1. The number of anilines is 1. The highest BCUT2D eigenvalue weighted by Crippen LogP contribution is 2.58. The van der Waals surface area contributed by atoms with Gasteiger partial charge in [-0.05, 0) is 38.3 Å². The Hall–Kier alpha value is -2.13. The van der Waals surface area contributed by atoms with Crippen molar-refractivity contribution in [2.45, 2.75) is 44.8 Å². The lowest BCUT2D eigenvalue weighted by Crippen LogP contribution is -2.64. The zero-order valence-electron chi connectivity index (χ0n) is 12.5. The molecule has 116 valence electrons. The van der Waals surface area contributed by atoms with Crippen molar-refractivity contribution in [3.8, 4) is 6.07 Å². The molecule has 1 N–H and O–H groups in total. The lowest BCUT2D eigenvalue weighted by molar-refractivity contribution is -0.385. The number of nitro benzene ring substituents is 1. The van der Waals surface area contributed by atoms with E-state index in [9.17, 15) is 10.1 Å². The van der Waals surface area contributed by atoms with E-state index in [1.807, 2.05) is 13.0 Å². The van der Waals surface area contributed by atoms with E-state index in [0.29, 0.717) is 12.1 Å². The minimum absolute atomic E-state index is 0.0957. The summed E-state index contributed by atoms with van der Waals surface area (Å²) in [6, 6.07) is 6.87. The highest BCUT2D eigenvalue weighted by molar-refractivity contribution is 5.59. The van der Waals surface area contributed by atoms with Crippen LogP contribution in [0.4, 0.5) is 11.4 Å². The molecule has 0 heterocycles. The van der Waals surface area contributed by atoms with Crippen LogP contribution in [0.25, 0.3) is 0 Å². The molecule has 6 nitrogen and oxygen atoms in total. The molecule has 2 aliphatic carbocycles. The fraction of sp³-hybridized carbons (Fsp3) is 0.562. The topological polar surface area (TPSA) is 88.2 Å². The SMILES string of the molecule is CCO[C@H]1C[C@@H](Nc2ccc([N+](=O)[O-])c(C#N)c2)C12CCC2. The van der Waals surface area contributed by atoms with E-state index in [2.05, 4.69) is 5.32 Å². The van der Waals surface area contributed by atoms with Gasteiger partial charge in [0.25, 0.3) is 5.69 Å². The zero-order chi connectivity index (χ0) is 15.7. The van der Waals surface area contributed by atoms with Gasteiger partial charge in [0.1, 0.15) is 11.6 Å². The normalized spacial score (nSPS) is 24.9. The summed E-state index contributed by atoms with van der Waals surface area (Å²) >= 11 is 0. The van der Waals surface area contributed by atoms with Crippen molar-refractivity contribution in [3.05, 3.63) is 33.9 Å². The van der Waals surface area contributed by atoms with Crippen molar-refractivity contribution in [1.82, 2.24) is 0 Å². The van der Waals surface area contributed by atoms with Crippen LogP contribution in [0.2, 0.25) is 0 Å². The van der Waals surface area contributed by atoms with E-state index in [1.165, 1.54) is 12.5 Å². The molecular formula is C16H19N3O3. The number of hydrogen-bond acceptors (Lipinski definition) is 5. The summed E-state index contributed by atoms with van der Waals surface area (Å²) in [4.78, 5) is 10.3. The average molecular weight is 301 g/mol. The summed E-state index contributed by atoms with van der Waals surface area (Å²) in [6.07, 6.45) is 4.82. The smallest absolute Gasteiger partial charge is 0.287 e. The molecule has 3 rings (SSSR count). The molecule has 1 aromatic carbocycles. The molecule has 2 fully saturated rings. The fourth-order valence-electron chi connectivity index (χ4n) is 3.72. The minimum atomic E-state index is -0.524. The van der Waals surface area contributed by atoms with Crippen LogP contribution in [-0.2, 0) is 4.74 Å². The van der Waals surface area contributed by atoms with E-state index in [-0.39, 0.29) is 16.7 Å². The Labute approximate surface area is 129 Å². The van der Waals surface area contributed by atoms with Crippen molar-refractivity contribution in [1.29, 1.82) is 5.26 Å². The molecule has 1 aromatic rings. The molecule has 2 saturated carbocycles. The van der Waals surface area contributed by atoms with Crippen LogP contribution in [0.5, 0.6) is 0 Å². The molecule has 6 heteroatoms. The van der Waals surface area contributed by atoms with Gasteiger partial charge in [-0.25, -0.2) is 0 Å². The highest BCUT2D eigenvalue weighted by atomic mass is 16.6. The standard InChI is InChI=1S/C16H19N3O3/c1-2-22-15-9-14(16(15)6-3-7-16)18-12-4-5-13(19(20)21)11(8-12)10-17/h4-5,8,14-15,18H,2-3,6-7,9H2,1H3/t14-,15+/m1/s1. The maximum Gasteiger partial charge on any atom is 0.287 e. The Bertz CT molecular complexity index is 634. The third kappa shape index (κ3) is 2.22. The first-order valence-corrected chi connectivity index (χ1v) is 7.67. The quantitative estimate of drug-likeness (QED) is 0.666. The Kier molecular flexibility index (Phi) is 3.75. The van der Waals surface area contributed by atoms with Gasteiger partial charge in [0.2, 0.25) is 0 Å². The number of rotatable bonds is 5. The van der Waals surface area contributed by atoms with Crippen LogP contribution in [0.3, 0.4) is 0 Å². The molecule has 1 spiro atoms. The Morgan fingerprint density at radius 3 is 2.86 bits per heavy atom. The first-order valence-electron chi connectivity index (χ1n) is 7.67. The van der Waals surface area contributed by atoms with Crippen LogP contribution in [-0.4, -0.2) is 23.7 Å². The van der Waals surface area contributed by atoms with Gasteiger partial charge in [-0.1, -0.05) is 6.42 Å². The third-order valence-electron chi connectivity index (χ3n) is 5.09. The van der Waals surface area contributed by atoms with Gasteiger partial charge >= 0.3 is 0 Å². The van der Waals surface area contributed by atoms with Gasteiger partial charge < -0.3 is 10.1 Å². The van der Waals surface area contributed by atoms with Crippen LogP contribution in [0.15, 0.2) is 18.2 Å². The van der Waals surface area contributed by atoms with Crippen molar-refractivity contribution >= 4 is 11.4 Å². The second-order valence-electron chi connectivity index (χ2n) is 6.06. The summed E-state index contributed by atoms with van der Waals surface area (Å²) < 4.78 is 5.82. The number of hydrogen-bond donors (Lipinski definition) is 1. The van der Waals surface area contributed by atoms with Crippen LogP contribution in [0.1, 0.15) is 38.2 Å². The molecule has 0 unspecified atom stereocenters. The first kappa shape index (κ1) is 14.8. The predicted octanol–water partition coefficient (Wildman–Crippen LogP) is 3.23. The first-order chi connectivity index (χ1) is 10.6. The van der Waals surface area contributed by atoms with Gasteiger partial charge in [0, 0.05) is 29.8 Å². The Morgan fingerprint density at radius 2 is 2.32 bits per heavy atom. The third-order valence-corrected chi connectivity index (χ3v) is 5.09. The van der Waals surface area contributed by atoms with Crippen molar-refractivity contribution in [3.63, 3.8) is 0 Å². The van der Waals surface area contributed by atoms with Crippen LogP contribution < -0.4 is 5.32 Å². The zero-order valence-corrected chi connectivity index (χ0v) is 12.5. The van der Waals surface area contributed by atoms with Gasteiger partial charge in [-0.15, -0.1) is 0 Å². The summed E-state index contributed by atoms with van der Waals surface area (Å²) in [5.74, 6) is 0. The monoisotopic (exact) mass is 301 g/mol. The van der Waals surface area contributed by atoms with E-state index >= 15 is 0 Å². The second-order valence-corrected chi connectivity index (χ2v) is 6.06. The Balaban J connectivity index is 1.75. The molecule has 0 saturated heterocycles. The van der Waals surface area contributed by atoms with Gasteiger partial charge in [-0.3, -0.25) is 10.1 Å². The van der Waals surface area contributed by atoms with Gasteiger partial charge in [0.15, 0.2) is 0 Å². The Morgan fingerprint density at radius 1 is 1.55 bits per heavy atom. The van der Waals surface area contributed by atoms with E-state index in [4.69, 9.17) is 10.00 Å². The number of nitrogens with one attached hydrogen (secondary N) is 1. The summed E-state index contributed by atoms with van der Waals surface area (Å²) in [5.41, 5.74) is 0.934. The van der Waals surface area contributed by atoms with Crippen LogP contribution in [0, 0.1) is 26.9 Å². The van der Waals surface area contributed by atoms with Gasteiger partial charge in [0.05, 0.1) is 11.0 Å². The molecule has 0 aliphatic heterocycles. The minimum Gasteiger partial charge on any atom is -0.382 e. The highest BCUT2D eigenvalue weighted by Gasteiger charge is 2.58. The molecule has 0 bridgehead atoms. The molecule has 22 heavy (non-hydrogen) atoms. The van der Waals surface area contributed by atoms with E-state index < -0.39 is 4.92 Å². The maximum atomic E-state index is 10.9. The van der Waals surface area contributed by atoms with Crippen molar-refractivity contribution < 1.29 is 9.66 Å². The maximum absolute atomic E-state index is 10.9. The van der Waals surface area contributed by atoms with Crippen molar-refractivity contribution in [2.24, 2.45) is 5.41 Å². The summed E-state index contributed by atoms with van der Waals surface area (Å²) in [6.45, 7) is 2.75. The van der Waals surface area contributed by atoms with Gasteiger partial charge in [-0.2, -0.15) is 5.26 Å². The lowest BCUT2D eigenvalue weighted by atomic mass is 9.51. The largest absolute Gasteiger partial charge is 0.382 e. The lowest BCUT2D eigenvalue weighted by Gasteiger charge is -2.61. The molecule has 2 aliphatic rings. The average Bonchev–Trinajstić information content (AvgIpc) is 2.43. The molecule has 0 radical (unpaired) electrons. The van der Waals surface area contributed by atoms with E-state index in [0.717, 1.165) is 31.6 Å². The molecule has 0 amide bonds. The number of nitriles is 1. The molecule has 0 aromatic heterocycles. The predicted molar refractivity (Wildman–Crippen MR) is 81.5 cm³/mol. The number of ether oxygens (including phenoxy) is 1. The second kappa shape index (κ2) is 5.58. The number of nitrogens with zero attached hydrogens (tertiary/aromatic N) is 2. The van der Waals surface area contributed by atoms with E-state index in [1.54, 1.807) is 12.1 Å². The molecule has 2 atom stereocenters. The molecular weight excluding hydrogens is 282 g/mol. The van der Waals surface area contributed by atoms with Crippen LogP contribution >= 0.6 is 0 Å². The van der Waals surface area contributed by atoms with Crippen molar-refractivity contribution in [2.75, 3.05) is 11.9 Å².